The molecule has 0 saturated carbocycles. The molecule has 3 heterocycles. The van der Waals surface area contributed by atoms with Gasteiger partial charge in [-0.05, 0) is 70.1 Å². The van der Waals surface area contributed by atoms with Crippen molar-refractivity contribution in [2.75, 3.05) is 26.2 Å². The second-order valence-corrected chi connectivity index (χ2v) is 10.3. The fraction of sp³-hybridized carbons (Fsp3) is 0.591. The standard InChI is InChI=1S/C22H30N2O4S/c1-15-14-18-17(3)19(22(25)23-10-6-4-7-11-23)28-20(18)21(16(15)2)29(26,27)24-12-8-5-9-13-24/h14H,4-13H2,1-3H3. The van der Waals surface area contributed by atoms with Crippen molar-refractivity contribution < 1.29 is 17.6 Å². The zero-order chi connectivity index (χ0) is 20.8. The Morgan fingerprint density at radius 1 is 0.897 bits per heavy atom. The zero-order valence-electron chi connectivity index (χ0n) is 17.6. The number of hydrogen-bond donors (Lipinski definition) is 0. The number of aryl methyl sites for hydroxylation is 2. The highest BCUT2D eigenvalue weighted by atomic mass is 32.2. The van der Waals surface area contributed by atoms with Crippen LogP contribution in [0.15, 0.2) is 15.4 Å². The monoisotopic (exact) mass is 418 g/mol. The lowest BCUT2D eigenvalue weighted by molar-refractivity contribution is 0.0693. The fourth-order valence-electron chi connectivity index (χ4n) is 4.53. The maximum Gasteiger partial charge on any atom is 0.289 e. The van der Waals surface area contributed by atoms with Gasteiger partial charge >= 0.3 is 0 Å². The van der Waals surface area contributed by atoms with Gasteiger partial charge in [0.2, 0.25) is 10.0 Å². The van der Waals surface area contributed by atoms with Gasteiger partial charge in [0.05, 0.1) is 0 Å². The summed E-state index contributed by atoms with van der Waals surface area (Å²) in [6, 6.07) is 1.95. The van der Waals surface area contributed by atoms with Crippen LogP contribution < -0.4 is 0 Å². The summed E-state index contributed by atoms with van der Waals surface area (Å²) in [5.41, 5.74) is 2.66. The molecule has 0 N–H and O–H groups in total. The summed E-state index contributed by atoms with van der Waals surface area (Å²) in [7, 11) is -3.68. The summed E-state index contributed by atoms with van der Waals surface area (Å²) in [6.45, 7) is 8.14. The third-order valence-corrected chi connectivity index (χ3v) is 8.50. The van der Waals surface area contributed by atoms with E-state index in [1.807, 2.05) is 31.7 Å². The maximum absolute atomic E-state index is 13.5. The van der Waals surface area contributed by atoms with Crippen LogP contribution >= 0.6 is 0 Å². The summed E-state index contributed by atoms with van der Waals surface area (Å²) >= 11 is 0. The average Bonchev–Trinajstić information content (AvgIpc) is 3.05. The van der Waals surface area contributed by atoms with Gasteiger partial charge in [-0.1, -0.05) is 6.42 Å². The first-order valence-corrected chi connectivity index (χ1v) is 12.1. The van der Waals surface area contributed by atoms with Crippen LogP contribution in [0, 0.1) is 20.8 Å². The van der Waals surface area contributed by atoms with Crippen molar-refractivity contribution >= 4 is 26.9 Å². The molecular formula is C22H30N2O4S. The zero-order valence-corrected chi connectivity index (χ0v) is 18.4. The van der Waals surface area contributed by atoms with E-state index in [0.717, 1.165) is 68.1 Å². The number of likely N-dealkylation sites (tertiary alicyclic amines) is 1. The fourth-order valence-corrected chi connectivity index (χ4v) is 6.46. The molecule has 1 aromatic carbocycles. The minimum absolute atomic E-state index is 0.130. The van der Waals surface area contributed by atoms with Crippen molar-refractivity contribution in [3.63, 3.8) is 0 Å². The van der Waals surface area contributed by atoms with Gasteiger partial charge in [-0.15, -0.1) is 0 Å². The second kappa shape index (κ2) is 7.76. The van der Waals surface area contributed by atoms with Crippen LogP contribution in [0.3, 0.4) is 0 Å². The molecule has 7 heteroatoms. The van der Waals surface area contributed by atoms with Gasteiger partial charge in [-0.2, -0.15) is 4.31 Å². The smallest absolute Gasteiger partial charge is 0.289 e. The molecule has 4 rings (SSSR count). The van der Waals surface area contributed by atoms with Crippen LogP contribution in [0.25, 0.3) is 11.0 Å². The Kier molecular flexibility index (Phi) is 5.46. The molecule has 0 atom stereocenters. The van der Waals surface area contributed by atoms with Crippen LogP contribution in [-0.4, -0.2) is 49.7 Å². The molecule has 1 amide bonds. The normalized spacial score (nSPS) is 19.1. The van der Waals surface area contributed by atoms with E-state index in [-0.39, 0.29) is 16.6 Å². The van der Waals surface area contributed by atoms with E-state index < -0.39 is 10.0 Å². The average molecular weight is 419 g/mol. The molecule has 2 fully saturated rings. The molecule has 2 aliphatic heterocycles. The number of carbonyl (C=O) groups excluding carboxylic acids is 1. The van der Waals surface area contributed by atoms with E-state index in [4.69, 9.17) is 4.42 Å². The molecule has 6 nitrogen and oxygen atoms in total. The van der Waals surface area contributed by atoms with E-state index in [9.17, 15) is 13.2 Å². The summed E-state index contributed by atoms with van der Waals surface area (Å²) < 4.78 is 34.7. The Labute approximate surface area is 172 Å². The Bertz CT molecular complexity index is 1040. The second-order valence-electron chi connectivity index (χ2n) is 8.40. The summed E-state index contributed by atoms with van der Waals surface area (Å²) in [6.07, 6.45) is 5.95. The first-order valence-electron chi connectivity index (χ1n) is 10.6. The van der Waals surface area contributed by atoms with Gasteiger partial charge in [0.25, 0.3) is 5.91 Å². The molecule has 0 aliphatic carbocycles. The van der Waals surface area contributed by atoms with Crippen LogP contribution in [0.2, 0.25) is 0 Å². The van der Waals surface area contributed by atoms with Gasteiger partial charge in [-0.25, -0.2) is 8.42 Å². The lowest BCUT2D eigenvalue weighted by Gasteiger charge is -2.27. The van der Waals surface area contributed by atoms with Gasteiger partial charge in [-0.3, -0.25) is 4.79 Å². The molecule has 2 aliphatic rings. The maximum atomic E-state index is 13.5. The van der Waals surface area contributed by atoms with Gasteiger partial charge in [0, 0.05) is 37.1 Å². The number of benzene rings is 1. The predicted octanol–water partition coefficient (Wildman–Crippen LogP) is 4.16. The Hall–Kier alpha value is -1.86. The van der Waals surface area contributed by atoms with Crippen molar-refractivity contribution in [2.45, 2.75) is 64.2 Å². The number of hydrogen-bond acceptors (Lipinski definition) is 4. The number of rotatable bonds is 3. The number of sulfonamides is 1. The summed E-state index contributed by atoms with van der Waals surface area (Å²) in [4.78, 5) is 15.2. The van der Waals surface area contributed by atoms with Crippen molar-refractivity contribution in [3.05, 3.63) is 28.5 Å². The predicted molar refractivity (Wildman–Crippen MR) is 113 cm³/mol. The highest BCUT2D eigenvalue weighted by molar-refractivity contribution is 7.89. The molecule has 158 valence electrons. The Morgan fingerprint density at radius 2 is 1.48 bits per heavy atom. The molecule has 2 saturated heterocycles. The molecule has 2 aromatic rings. The molecular weight excluding hydrogens is 388 g/mol. The number of furan rings is 1. The molecule has 0 radical (unpaired) electrons. The van der Waals surface area contributed by atoms with Gasteiger partial charge in [0.15, 0.2) is 11.3 Å². The number of carbonyl (C=O) groups is 1. The van der Waals surface area contributed by atoms with E-state index in [1.165, 1.54) is 0 Å². The van der Waals surface area contributed by atoms with E-state index in [0.29, 0.717) is 24.2 Å². The number of amides is 1. The van der Waals surface area contributed by atoms with Gasteiger partial charge < -0.3 is 9.32 Å². The van der Waals surface area contributed by atoms with Crippen LogP contribution in [0.5, 0.6) is 0 Å². The lowest BCUT2D eigenvalue weighted by atomic mass is 10.0. The summed E-state index contributed by atoms with van der Waals surface area (Å²) in [5, 5.41) is 0.726. The molecule has 0 unspecified atom stereocenters. The lowest BCUT2D eigenvalue weighted by Crippen LogP contribution is -2.36. The van der Waals surface area contributed by atoms with Crippen LogP contribution in [0.4, 0.5) is 0 Å². The quantitative estimate of drug-likeness (QED) is 0.750. The van der Waals surface area contributed by atoms with Crippen LogP contribution in [-0.2, 0) is 10.0 Å². The van der Waals surface area contributed by atoms with E-state index in [2.05, 4.69) is 0 Å². The van der Waals surface area contributed by atoms with Gasteiger partial charge in [0.1, 0.15) is 4.90 Å². The van der Waals surface area contributed by atoms with E-state index in [1.54, 1.807) is 4.31 Å². The highest BCUT2D eigenvalue weighted by Gasteiger charge is 2.33. The number of nitrogens with zero attached hydrogens (tertiary/aromatic N) is 2. The minimum Gasteiger partial charge on any atom is -0.449 e. The molecule has 29 heavy (non-hydrogen) atoms. The topological polar surface area (TPSA) is 70.8 Å². The van der Waals surface area contributed by atoms with Crippen molar-refractivity contribution in [3.8, 4) is 0 Å². The summed E-state index contributed by atoms with van der Waals surface area (Å²) in [5.74, 6) is 0.150. The van der Waals surface area contributed by atoms with Crippen LogP contribution in [0.1, 0.15) is 65.8 Å². The van der Waals surface area contributed by atoms with E-state index >= 15 is 0 Å². The molecule has 1 aromatic heterocycles. The SMILES string of the molecule is Cc1cc2c(C)c(C(=O)N3CCCCC3)oc2c(S(=O)(=O)N2CCCCC2)c1C. The third kappa shape index (κ3) is 3.48. The first-order chi connectivity index (χ1) is 13.8. The Morgan fingerprint density at radius 3 is 2.10 bits per heavy atom. The minimum atomic E-state index is -3.68. The first kappa shape index (κ1) is 20.4. The Balaban J connectivity index is 1.86. The third-order valence-electron chi connectivity index (χ3n) is 6.44. The van der Waals surface area contributed by atoms with Crippen molar-refractivity contribution in [2.24, 2.45) is 0 Å². The number of fused-ring (bicyclic) bond motifs is 1. The largest absolute Gasteiger partial charge is 0.449 e. The molecule has 0 bridgehead atoms. The highest BCUT2D eigenvalue weighted by Crippen LogP contribution is 2.37. The molecule has 0 spiro atoms. The van der Waals surface area contributed by atoms with Crippen molar-refractivity contribution in [1.29, 1.82) is 0 Å². The number of piperidine rings is 2. The van der Waals surface area contributed by atoms with Crippen molar-refractivity contribution in [1.82, 2.24) is 9.21 Å².